The maximum atomic E-state index is 2.65. The van der Waals surface area contributed by atoms with Gasteiger partial charge >= 0.3 is 0 Å². The molecule has 0 radical (unpaired) electrons. The number of nitrogens with zero attached hydrogens (tertiary/aromatic N) is 3. The molecule has 3 nitrogen and oxygen atoms in total. The number of rotatable bonds is 3. The number of thiophene rings is 2. The summed E-state index contributed by atoms with van der Waals surface area (Å²) in [6.07, 6.45) is 0. The summed E-state index contributed by atoms with van der Waals surface area (Å²) in [5, 5.41) is 5.34. The fourth-order valence-electron chi connectivity index (χ4n) is 12.2. The quantitative estimate of drug-likeness (QED) is 0.163. The summed E-state index contributed by atoms with van der Waals surface area (Å²) >= 11 is 5.78. The van der Waals surface area contributed by atoms with Crippen molar-refractivity contribution in [3.05, 3.63) is 212 Å². The van der Waals surface area contributed by atoms with Crippen molar-refractivity contribution in [1.82, 2.24) is 0 Å². The molecule has 0 spiro atoms. The first-order chi connectivity index (χ1) is 33.8. The lowest BCUT2D eigenvalue weighted by molar-refractivity contribution is 1.25. The molecular formula is C60H35B2N3S3. The maximum absolute atomic E-state index is 2.65. The molecule has 0 bridgehead atoms. The summed E-state index contributed by atoms with van der Waals surface area (Å²) in [7, 11) is 0. The van der Waals surface area contributed by atoms with Gasteiger partial charge in [0.25, 0.3) is 6.71 Å². The van der Waals surface area contributed by atoms with Crippen molar-refractivity contribution in [1.29, 1.82) is 0 Å². The van der Waals surface area contributed by atoms with Gasteiger partial charge in [0.2, 0.25) is 6.71 Å². The van der Waals surface area contributed by atoms with Crippen LogP contribution in [0.2, 0.25) is 0 Å². The Hall–Kier alpha value is -7.48. The minimum Gasteiger partial charge on any atom is -0.311 e. The van der Waals surface area contributed by atoms with E-state index in [0.29, 0.717) is 0 Å². The van der Waals surface area contributed by atoms with Crippen molar-refractivity contribution in [3.63, 3.8) is 0 Å². The standard InChI is InChI=1S/C60H35B2N3S3/c1-4-18-36(19-5-1)63-45-28-14-12-26-41(45)61-44-32-43-46(33-47(44)65(38-22-8-3-9-23-38)59-55-39-24-10-15-29-50(39)66-53(55)34-48(63)57(59)61)64(37-20-6-2-7-21-37)49-35-54-56(40-25-11-16-30-51(40)67-54)60-58(49)62(43)42-27-13-17-31-52(42)68-60/h1-35H. The zero-order valence-corrected chi connectivity index (χ0v) is 38.9. The molecule has 0 saturated carbocycles. The molecule has 8 heteroatoms. The molecule has 68 heavy (non-hydrogen) atoms. The molecule has 4 aliphatic rings. The Bertz CT molecular complexity index is 4110. The largest absolute Gasteiger partial charge is 0.311 e. The van der Waals surface area contributed by atoms with E-state index in [9.17, 15) is 0 Å². The van der Waals surface area contributed by atoms with Crippen LogP contribution in [-0.4, -0.2) is 13.4 Å². The lowest BCUT2D eigenvalue weighted by Crippen LogP contribution is -2.64. The molecule has 314 valence electrons. The van der Waals surface area contributed by atoms with E-state index in [1.807, 2.05) is 34.4 Å². The van der Waals surface area contributed by atoms with Crippen LogP contribution in [0.4, 0.5) is 51.2 Å². The van der Waals surface area contributed by atoms with Crippen molar-refractivity contribution in [2.24, 2.45) is 0 Å². The minimum absolute atomic E-state index is 0.0229. The summed E-state index contributed by atoms with van der Waals surface area (Å²) in [6.45, 7) is -0.0168. The van der Waals surface area contributed by atoms with Crippen molar-refractivity contribution in [2.75, 3.05) is 14.7 Å². The van der Waals surface area contributed by atoms with Crippen LogP contribution in [0.5, 0.6) is 0 Å². The van der Waals surface area contributed by atoms with E-state index in [1.54, 1.807) is 0 Å². The van der Waals surface area contributed by atoms with E-state index in [2.05, 4.69) is 227 Å². The third-order valence-electron chi connectivity index (χ3n) is 14.8. The van der Waals surface area contributed by atoms with E-state index in [1.165, 1.54) is 117 Å². The van der Waals surface area contributed by atoms with Crippen molar-refractivity contribution in [3.8, 4) is 0 Å². The highest BCUT2D eigenvalue weighted by Crippen LogP contribution is 2.53. The highest BCUT2D eigenvalue weighted by atomic mass is 32.2. The number of fused-ring (bicyclic) bond motifs is 16. The maximum Gasteiger partial charge on any atom is 0.252 e. The van der Waals surface area contributed by atoms with Crippen LogP contribution in [0.3, 0.4) is 0 Å². The van der Waals surface area contributed by atoms with E-state index in [-0.39, 0.29) is 13.4 Å². The van der Waals surface area contributed by atoms with E-state index in [4.69, 9.17) is 0 Å². The third-order valence-corrected chi connectivity index (χ3v) is 18.3. The van der Waals surface area contributed by atoms with Crippen LogP contribution in [0.15, 0.2) is 222 Å². The van der Waals surface area contributed by atoms with Crippen molar-refractivity contribution in [2.45, 2.75) is 9.79 Å². The normalized spacial score (nSPS) is 14.0. The molecule has 0 fully saturated rings. The average Bonchev–Trinajstić information content (AvgIpc) is 3.97. The van der Waals surface area contributed by atoms with Gasteiger partial charge in [-0.25, -0.2) is 0 Å². The topological polar surface area (TPSA) is 9.72 Å². The van der Waals surface area contributed by atoms with Crippen LogP contribution in [-0.2, 0) is 0 Å². The number of hydrogen-bond donors (Lipinski definition) is 0. The number of para-hydroxylation sites is 4. The first kappa shape index (κ1) is 37.6. The second kappa shape index (κ2) is 14.0. The molecule has 0 saturated heterocycles. The number of benzene rings is 10. The molecule has 2 aromatic heterocycles. The predicted molar refractivity (Wildman–Crippen MR) is 296 cm³/mol. The van der Waals surface area contributed by atoms with E-state index in [0.717, 1.165) is 17.1 Å². The lowest BCUT2D eigenvalue weighted by Gasteiger charge is -2.46. The zero-order chi connectivity index (χ0) is 44.2. The molecule has 16 rings (SSSR count). The van der Waals surface area contributed by atoms with Crippen molar-refractivity contribution >= 4 is 172 Å². The Balaban J connectivity index is 1.08. The summed E-state index contributed by atoms with van der Waals surface area (Å²) in [5.74, 6) is 0. The van der Waals surface area contributed by atoms with Gasteiger partial charge in [0.15, 0.2) is 0 Å². The van der Waals surface area contributed by atoms with E-state index >= 15 is 0 Å². The fraction of sp³-hybridized carbons (Fsp3) is 0. The molecule has 10 aromatic carbocycles. The fourth-order valence-corrected chi connectivity index (χ4v) is 15.9. The number of hydrogen-bond acceptors (Lipinski definition) is 6. The third kappa shape index (κ3) is 5.01. The Morgan fingerprint density at radius 2 is 0.809 bits per heavy atom. The zero-order valence-electron chi connectivity index (χ0n) is 36.4. The van der Waals surface area contributed by atoms with Crippen LogP contribution in [0.25, 0.3) is 40.3 Å². The van der Waals surface area contributed by atoms with Crippen LogP contribution >= 0.6 is 34.4 Å². The highest BCUT2D eigenvalue weighted by Gasteiger charge is 2.48. The van der Waals surface area contributed by atoms with Gasteiger partial charge in [-0.2, -0.15) is 0 Å². The number of anilines is 9. The molecule has 0 aliphatic carbocycles. The molecule has 6 heterocycles. The Morgan fingerprint density at radius 1 is 0.324 bits per heavy atom. The average molecular weight is 916 g/mol. The first-order valence-corrected chi connectivity index (χ1v) is 25.8. The molecule has 0 unspecified atom stereocenters. The van der Waals surface area contributed by atoms with Gasteiger partial charge in [0.1, 0.15) is 0 Å². The minimum atomic E-state index is -0.0398. The second-order valence-electron chi connectivity index (χ2n) is 18.3. The molecule has 0 amide bonds. The summed E-state index contributed by atoms with van der Waals surface area (Å²) < 4.78 is 5.25. The van der Waals surface area contributed by atoms with Gasteiger partial charge in [0, 0.05) is 95.6 Å². The summed E-state index contributed by atoms with van der Waals surface area (Å²) in [5.41, 5.74) is 19.0. The Morgan fingerprint density at radius 3 is 1.49 bits per heavy atom. The highest BCUT2D eigenvalue weighted by molar-refractivity contribution is 8.00. The lowest BCUT2D eigenvalue weighted by atomic mass is 9.30. The van der Waals surface area contributed by atoms with Gasteiger partial charge in [-0.3, -0.25) is 0 Å². The summed E-state index contributed by atoms with van der Waals surface area (Å²) in [4.78, 5) is 10.5. The predicted octanol–water partition coefficient (Wildman–Crippen LogP) is 13.3. The van der Waals surface area contributed by atoms with Gasteiger partial charge < -0.3 is 14.7 Å². The van der Waals surface area contributed by atoms with E-state index < -0.39 is 0 Å². The van der Waals surface area contributed by atoms with Crippen LogP contribution in [0, 0.1) is 0 Å². The molecule has 0 atom stereocenters. The van der Waals surface area contributed by atoms with Crippen LogP contribution in [0.1, 0.15) is 0 Å². The second-order valence-corrected chi connectivity index (χ2v) is 21.5. The van der Waals surface area contributed by atoms with Gasteiger partial charge in [-0.1, -0.05) is 151 Å². The SMILES string of the molecule is c1ccc(N2c3cc4c(cc3B3c5ccccc5Sc5c3c2cc2sc3ccccc3c52)B2c3ccccc3N(c3ccccc3)c3cc5sc6ccccc6c5c(c32)N4c2ccccc2)cc1. The molecule has 4 aliphatic heterocycles. The first-order valence-electron chi connectivity index (χ1n) is 23.3. The van der Waals surface area contributed by atoms with Crippen LogP contribution < -0.4 is 47.5 Å². The van der Waals surface area contributed by atoms with Crippen molar-refractivity contribution < 1.29 is 0 Å². The summed E-state index contributed by atoms with van der Waals surface area (Å²) in [6, 6.07) is 80.0. The monoisotopic (exact) mass is 915 g/mol. The van der Waals surface area contributed by atoms with Gasteiger partial charge in [0.05, 0.1) is 5.69 Å². The Labute approximate surface area is 406 Å². The molecule has 0 N–H and O–H groups in total. The van der Waals surface area contributed by atoms with Gasteiger partial charge in [-0.05, 0) is 106 Å². The van der Waals surface area contributed by atoms with Gasteiger partial charge in [-0.15, -0.1) is 22.7 Å². The smallest absolute Gasteiger partial charge is 0.252 e. The Kier molecular flexibility index (Phi) is 7.76. The molecule has 12 aromatic rings. The molecular weight excluding hydrogens is 881 g/mol.